The van der Waals surface area contributed by atoms with Gasteiger partial charge in [0.2, 0.25) is 0 Å². The van der Waals surface area contributed by atoms with E-state index in [9.17, 15) is 0 Å². The summed E-state index contributed by atoms with van der Waals surface area (Å²) >= 11 is 6.29. The van der Waals surface area contributed by atoms with Crippen molar-refractivity contribution in [3.8, 4) is 11.1 Å². The highest BCUT2D eigenvalue weighted by Gasteiger charge is 2.11. The molecule has 20 heavy (non-hydrogen) atoms. The second-order valence-electron chi connectivity index (χ2n) is 4.79. The second kappa shape index (κ2) is 4.39. The predicted octanol–water partition coefficient (Wildman–Crippen LogP) is 5.91. The van der Waals surface area contributed by atoms with E-state index in [0.717, 1.165) is 37.9 Å². The van der Waals surface area contributed by atoms with Crippen LogP contribution < -0.4 is 0 Å². The van der Waals surface area contributed by atoms with Gasteiger partial charge >= 0.3 is 0 Å². The molecular formula is C18H11ClO. The van der Waals surface area contributed by atoms with Crippen LogP contribution >= 0.6 is 11.6 Å². The topological polar surface area (TPSA) is 13.1 Å². The number of fused-ring (bicyclic) bond motifs is 2. The lowest BCUT2D eigenvalue weighted by molar-refractivity contribution is 0.617. The SMILES string of the molecule is Clc1ccc(-c2coc3ccccc23)c2ccccc12. The van der Waals surface area contributed by atoms with Crippen molar-refractivity contribution in [2.24, 2.45) is 0 Å². The minimum atomic E-state index is 0.775. The fourth-order valence-corrected chi connectivity index (χ4v) is 2.91. The molecule has 0 bridgehead atoms. The average Bonchev–Trinajstić information content (AvgIpc) is 2.92. The maximum Gasteiger partial charge on any atom is 0.134 e. The van der Waals surface area contributed by atoms with E-state index in [-0.39, 0.29) is 0 Å². The lowest BCUT2D eigenvalue weighted by Gasteiger charge is -2.06. The maximum atomic E-state index is 6.29. The zero-order valence-corrected chi connectivity index (χ0v) is 11.4. The smallest absolute Gasteiger partial charge is 0.134 e. The third kappa shape index (κ3) is 1.64. The Morgan fingerprint density at radius 3 is 2.20 bits per heavy atom. The van der Waals surface area contributed by atoms with E-state index >= 15 is 0 Å². The molecule has 2 heteroatoms. The van der Waals surface area contributed by atoms with Gasteiger partial charge in [-0.15, -0.1) is 0 Å². The van der Waals surface area contributed by atoms with E-state index in [1.807, 2.05) is 48.7 Å². The van der Waals surface area contributed by atoms with Crippen molar-refractivity contribution >= 4 is 33.3 Å². The van der Waals surface area contributed by atoms with Crippen LogP contribution in [0.4, 0.5) is 0 Å². The third-order valence-corrected chi connectivity index (χ3v) is 3.97. The Balaban J connectivity index is 2.10. The molecular weight excluding hydrogens is 268 g/mol. The van der Waals surface area contributed by atoms with Gasteiger partial charge in [-0.3, -0.25) is 0 Å². The molecule has 0 aliphatic rings. The van der Waals surface area contributed by atoms with Crippen LogP contribution in [0.2, 0.25) is 5.02 Å². The van der Waals surface area contributed by atoms with Gasteiger partial charge in [0.15, 0.2) is 0 Å². The van der Waals surface area contributed by atoms with Crippen LogP contribution in [0.5, 0.6) is 0 Å². The van der Waals surface area contributed by atoms with Crippen molar-refractivity contribution in [1.82, 2.24) is 0 Å². The number of para-hydroxylation sites is 1. The largest absolute Gasteiger partial charge is 0.464 e. The van der Waals surface area contributed by atoms with Gasteiger partial charge in [-0.25, -0.2) is 0 Å². The summed E-state index contributed by atoms with van der Waals surface area (Å²) in [4.78, 5) is 0. The van der Waals surface area contributed by atoms with Crippen molar-refractivity contribution in [3.63, 3.8) is 0 Å². The molecule has 1 nitrogen and oxygen atoms in total. The van der Waals surface area contributed by atoms with Crippen molar-refractivity contribution in [3.05, 3.63) is 71.9 Å². The second-order valence-corrected chi connectivity index (χ2v) is 5.19. The Hall–Kier alpha value is -2.25. The summed E-state index contributed by atoms with van der Waals surface area (Å²) in [6.07, 6.45) is 1.82. The minimum absolute atomic E-state index is 0.775. The molecule has 1 aromatic heterocycles. The summed E-state index contributed by atoms with van der Waals surface area (Å²) in [5.41, 5.74) is 3.16. The van der Waals surface area contributed by atoms with Gasteiger partial charge in [0, 0.05) is 21.4 Å². The third-order valence-electron chi connectivity index (χ3n) is 3.64. The normalized spacial score (nSPS) is 11.2. The maximum absolute atomic E-state index is 6.29. The van der Waals surface area contributed by atoms with Crippen molar-refractivity contribution in [2.45, 2.75) is 0 Å². The molecule has 0 saturated carbocycles. The quantitative estimate of drug-likeness (QED) is 0.422. The molecule has 0 aliphatic heterocycles. The van der Waals surface area contributed by atoms with Crippen LogP contribution in [0, 0.1) is 0 Å². The molecule has 4 rings (SSSR count). The molecule has 0 atom stereocenters. The van der Waals surface area contributed by atoms with Crippen LogP contribution in [0.25, 0.3) is 32.9 Å². The Morgan fingerprint density at radius 2 is 1.35 bits per heavy atom. The van der Waals surface area contributed by atoms with Gasteiger partial charge in [-0.2, -0.15) is 0 Å². The van der Waals surface area contributed by atoms with E-state index < -0.39 is 0 Å². The molecule has 1 heterocycles. The molecule has 0 amide bonds. The highest BCUT2D eigenvalue weighted by atomic mass is 35.5. The van der Waals surface area contributed by atoms with Gasteiger partial charge < -0.3 is 4.42 Å². The van der Waals surface area contributed by atoms with Gasteiger partial charge in [-0.05, 0) is 23.1 Å². The molecule has 0 unspecified atom stereocenters. The van der Waals surface area contributed by atoms with E-state index in [2.05, 4.69) is 18.2 Å². The highest BCUT2D eigenvalue weighted by Crippen LogP contribution is 2.37. The molecule has 4 aromatic rings. The van der Waals surface area contributed by atoms with Gasteiger partial charge in [0.05, 0.1) is 6.26 Å². The summed E-state index contributed by atoms with van der Waals surface area (Å²) in [6, 6.07) is 20.3. The zero-order chi connectivity index (χ0) is 13.5. The Morgan fingerprint density at radius 1 is 0.650 bits per heavy atom. The lowest BCUT2D eigenvalue weighted by Crippen LogP contribution is -1.81. The van der Waals surface area contributed by atoms with Gasteiger partial charge in [0.25, 0.3) is 0 Å². The number of rotatable bonds is 1. The number of hydrogen-bond donors (Lipinski definition) is 0. The van der Waals surface area contributed by atoms with Crippen LogP contribution in [0.15, 0.2) is 71.3 Å². The van der Waals surface area contributed by atoms with Gasteiger partial charge in [0.1, 0.15) is 5.58 Å². The zero-order valence-electron chi connectivity index (χ0n) is 10.6. The first-order valence-electron chi connectivity index (χ1n) is 6.48. The Labute approximate surface area is 121 Å². The molecule has 0 aliphatic carbocycles. The monoisotopic (exact) mass is 278 g/mol. The Bertz CT molecular complexity index is 921. The van der Waals surface area contributed by atoms with Crippen molar-refractivity contribution in [2.75, 3.05) is 0 Å². The summed E-state index contributed by atoms with van der Waals surface area (Å²) in [5, 5.41) is 4.11. The molecule has 0 spiro atoms. The van der Waals surface area contributed by atoms with Gasteiger partial charge in [-0.1, -0.05) is 60.1 Å². The molecule has 0 radical (unpaired) electrons. The number of hydrogen-bond acceptors (Lipinski definition) is 1. The van der Waals surface area contributed by atoms with Crippen LogP contribution in [-0.4, -0.2) is 0 Å². The molecule has 96 valence electrons. The average molecular weight is 279 g/mol. The van der Waals surface area contributed by atoms with Crippen molar-refractivity contribution < 1.29 is 4.42 Å². The molecule has 0 N–H and O–H groups in total. The highest BCUT2D eigenvalue weighted by molar-refractivity contribution is 6.36. The summed E-state index contributed by atoms with van der Waals surface area (Å²) in [7, 11) is 0. The first kappa shape index (κ1) is 11.6. The molecule has 0 saturated heterocycles. The van der Waals surface area contributed by atoms with Crippen LogP contribution in [0.1, 0.15) is 0 Å². The predicted molar refractivity (Wildman–Crippen MR) is 84.2 cm³/mol. The summed E-state index contributed by atoms with van der Waals surface area (Å²) in [5.74, 6) is 0. The molecule has 0 fully saturated rings. The van der Waals surface area contributed by atoms with Crippen LogP contribution in [0.3, 0.4) is 0 Å². The standard InChI is InChI=1S/C18H11ClO/c19-17-10-9-13(12-5-1-2-6-14(12)17)16-11-20-18-8-4-3-7-15(16)18/h1-11H. The first-order chi connectivity index (χ1) is 9.84. The molecule has 3 aromatic carbocycles. The van der Waals surface area contributed by atoms with E-state index in [1.165, 1.54) is 0 Å². The first-order valence-corrected chi connectivity index (χ1v) is 6.86. The number of halogens is 1. The lowest BCUT2D eigenvalue weighted by atomic mass is 9.98. The van der Waals surface area contributed by atoms with E-state index in [4.69, 9.17) is 16.0 Å². The summed E-state index contributed by atoms with van der Waals surface area (Å²) in [6.45, 7) is 0. The van der Waals surface area contributed by atoms with E-state index in [1.54, 1.807) is 0 Å². The summed E-state index contributed by atoms with van der Waals surface area (Å²) < 4.78 is 5.65. The fraction of sp³-hybridized carbons (Fsp3) is 0. The number of furan rings is 1. The fourth-order valence-electron chi connectivity index (χ4n) is 2.68. The minimum Gasteiger partial charge on any atom is -0.464 e. The van der Waals surface area contributed by atoms with Crippen LogP contribution in [-0.2, 0) is 0 Å². The van der Waals surface area contributed by atoms with E-state index in [0.29, 0.717) is 0 Å². The van der Waals surface area contributed by atoms with Crippen molar-refractivity contribution in [1.29, 1.82) is 0 Å². The Kier molecular flexibility index (Phi) is 2.54. The number of benzene rings is 3.